The van der Waals surface area contributed by atoms with Crippen molar-refractivity contribution >= 4 is 26.5 Å². The largest absolute Gasteiger partial charge is 0.358 e. The number of anilines is 1. The van der Waals surface area contributed by atoms with Gasteiger partial charge in [-0.05, 0) is 19.3 Å². The highest BCUT2D eigenvalue weighted by atomic mass is 32.2. The van der Waals surface area contributed by atoms with Crippen LogP contribution >= 0.6 is 11.3 Å². The first-order valence-electron chi connectivity index (χ1n) is 4.96. The fraction of sp³-hybridized carbons (Fsp3) is 0.444. The van der Waals surface area contributed by atoms with Crippen LogP contribution in [0.15, 0.2) is 22.6 Å². The molecule has 1 aromatic rings. The average Bonchev–Trinajstić information content (AvgIpc) is 2.67. The lowest BCUT2D eigenvalue weighted by molar-refractivity contribution is 0.599. The van der Waals surface area contributed by atoms with Crippen LogP contribution < -0.4 is 10.5 Å². The van der Waals surface area contributed by atoms with Gasteiger partial charge in [-0.25, -0.2) is 18.5 Å². The highest BCUT2D eigenvalue weighted by molar-refractivity contribution is 7.91. The van der Waals surface area contributed by atoms with Gasteiger partial charge >= 0.3 is 0 Å². The van der Waals surface area contributed by atoms with Crippen molar-refractivity contribution < 1.29 is 8.42 Å². The summed E-state index contributed by atoms with van der Waals surface area (Å²) in [5.41, 5.74) is 0. The molecule has 1 atom stereocenters. The third-order valence-corrected chi connectivity index (χ3v) is 4.70. The molecule has 0 spiro atoms. The molecule has 0 radical (unpaired) electrons. The van der Waals surface area contributed by atoms with Gasteiger partial charge in [-0.2, -0.15) is 0 Å². The molecule has 5 nitrogen and oxygen atoms in total. The minimum absolute atomic E-state index is 0.0985. The van der Waals surface area contributed by atoms with E-state index < -0.39 is 10.0 Å². The van der Waals surface area contributed by atoms with Crippen molar-refractivity contribution in [2.75, 3.05) is 5.32 Å². The molecule has 7 heteroatoms. The van der Waals surface area contributed by atoms with E-state index in [1.807, 2.05) is 0 Å². The van der Waals surface area contributed by atoms with E-state index in [0.29, 0.717) is 11.2 Å². The standard InChI is InChI=1S/C9H13N3O2S2/c10-16(13,14)8-6-11-9(15-8)12-7-4-2-1-3-5-7/h1-2,6-7H,3-5H2,(H,11,12)(H2,10,13,14). The Morgan fingerprint density at radius 1 is 1.50 bits per heavy atom. The maximum atomic E-state index is 11.0. The monoisotopic (exact) mass is 259 g/mol. The Morgan fingerprint density at radius 3 is 2.88 bits per heavy atom. The SMILES string of the molecule is NS(=O)(=O)c1cnc(NC2CC=CCC2)s1. The van der Waals surface area contributed by atoms with Crippen molar-refractivity contribution in [3.05, 3.63) is 18.3 Å². The van der Waals surface area contributed by atoms with Crippen molar-refractivity contribution in [2.24, 2.45) is 5.14 Å². The molecule has 1 aliphatic carbocycles. The zero-order valence-corrected chi connectivity index (χ0v) is 10.2. The van der Waals surface area contributed by atoms with Crippen LogP contribution in [0.1, 0.15) is 19.3 Å². The third kappa shape index (κ3) is 2.81. The molecule has 1 aromatic heterocycles. The van der Waals surface area contributed by atoms with E-state index in [9.17, 15) is 8.42 Å². The van der Waals surface area contributed by atoms with Gasteiger partial charge in [-0.3, -0.25) is 0 Å². The van der Waals surface area contributed by atoms with E-state index in [1.165, 1.54) is 6.20 Å². The normalized spacial score (nSPS) is 20.9. The van der Waals surface area contributed by atoms with Crippen LogP contribution in [0.4, 0.5) is 5.13 Å². The first-order valence-corrected chi connectivity index (χ1v) is 7.32. The molecule has 0 fully saturated rings. The minimum atomic E-state index is -3.62. The van der Waals surface area contributed by atoms with Gasteiger partial charge < -0.3 is 5.32 Å². The lowest BCUT2D eigenvalue weighted by Crippen LogP contribution is -2.19. The van der Waals surface area contributed by atoms with Gasteiger partial charge in [0.05, 0.1) is 6.20 Å². The quantitative estimate of drug-likeness (QED) is 0.801. The molecule has 1 aliphatic rings. The van der Waals surface area contributed by atoms with Crippen molar-refractivity contribution in [1.29, 1.82) is 0 Å². The molecule has 0 aliphatic heterocycles. The van der Waals surface area contributed by atoms with Crippen LogP contribution in [0.25, 0.3) is 0 Å². The molecule has 0 amide bonds. The molecule has 0 aromatic carbocycles. The summed E-state index contributed by atoms with van der Waals surface area (Å²) in [6.07, 6.45) is 8.60. The highest BCUT2D eigenvalue weighted by Crippen LogP contribution is 2.24. The smallest absolute Gasteiger partial charge is 0.249 e. The lowest BCUT2D eigenvalue weighted by Gasteiger charge is -2.18. The van der Waals surface area contributed by atoms with Crippen LogP contribution in [-0.2, 0) is 10.0 Å². The Morgan fingerprint density at radius 2 is 2.31 bits per heavy atom. The summed E-state index contributed by atoms with van der Waals surface area (Å²) in [7, 11) is -3.62. The zero-order chi connectivity index (χ0) is 11.6. The summed E-state index contributed by atoms with van der Waals surface area (Å²) in [6.45, 7) is 0. The van der Waals surface area contributed by atoms with Gasteiger partial charge in [-0.15, -0.1) is 0 Å². The highest BCUT2D eigenvalue weighted by Gasteiger charge is 2.15. The second-order valence-electron chi connectivity index (χ2n) is 3.66. The maximum Gasteiger partial charge on any atom is 0.249 e. The van der Waals surface area contributed by atoms with Crippen molar-refractivity contribution in [3.8, 4) is 0 Å². The summed E-state index contributed by atoms with van der Waals surface area (Å²) in [5.74, 6) is 0. The van der Waals surface area contributed by atoms with Gasteiger partial charge in [0.1, 0.15) is 0 Å². The number of nitrogens with two attached hydrogens (primary N) is 1. The Hall–Kier alpha value is -0.920. The molecular weight excluding hydrogens is 246 g/mol. The molecule has 0 bridgehead atoms. The van der Waals surface area contributed by atoms with Crippen LogP contribution in [0, 0.1) is 0 Å². The Kier molecular flexibility index (Phi) is 3.27. The van der Waals surface area contributed by atoms with E-state index in [1.54, 1.807) is 0 Å². The van der Waals surface area contributed by atoms with Crippen molar-refractivity contribution in [2.45, 2.75) is 29.5 Å². The second-order valence-corrected chi connectivity index (χ2v) is 6.47. The summed E-state index contributed by atoms with van der Waals surface area (Å²) in [4.78, 5) is 4.00. The van der Waals surface area contributed by atoms with E-state index in [-0.39, 0.29) is 4.21 Å². The number of sulfonamides is 1. The molecule has 0 saturated carbocycles. The summed E-state index contributed by atoms with van der Waals surface area (Å²) in [5, 5.41) is 8.83. The Bertz CT molecular complexity index is 493. The first-order chi connectivity index (χ1) is 7.55. The fourth-order valence-electron chi connectivity index (χ4n) is 1.56. The van der Waals surface area contributed by atoms with Crippen LogP contribution in [0.2, 0.25) is 0 Å². The average molecular weight is 259 g/mol. The molecule has 16 heavy (non-hydrogen) atoms. The Balaban J connectivity index is 2.05. The topological polar surface area (TPSA) is 85.1 Å². The molecule has 2 rings (SSSR count). The Labute approximate surface area is 98.4 Å². The van der Waals surface area contributed by atoms with E-state index in [4.69, 9.17) is 5.14 Å². The number of hydrogen-bond donors (Lipinski definition) is 2. The second kappa shape index (κ2) is 4.52. The zero-order valence-electron chi connectivity index (χ0n) is 8.59. The summed E-state index contributed by atoms with van der Waals surface area (Å²) < 4.78 is 22.2. The first kappa shape index (κ1) is 11.6. The van der Waals surface area contributed by atoms with E-state index in [0.717, 1.165) is 30.6 Å². The maximum absolute atomic E-state index is 11.0. The molecule has 88 valence electrons. The van der Waals surface area contributed by atoms with Gasteiger partial charge in [0, 0.05) is 6.04 Å². The number of primary sulfonamides is 1. The number of nitrogens with one attached hydrogen (secondary N) is 1. The van der Waals surface area contributed by atoms with Crippen molar-refractivity contribution in [3.63, 3.8) is 0 Å². The summed E-state index contributed by atoms with van der Waals surface area (Å²) in [6, 6.07) is 0.337. The van der Waals surface area contributed by atoms with Gasteiger partial charge in [0.15, 0.2) is 9.34 Å². The van der Waals surface area contributed by atoms with Gasteiger partial charge in [0.25, 0.3) is 0 Å². The molecule has 1 unspecified atom stereocenters. The number of nitrogens with zero attached hydrogens (tertiary/aromatic N) is 1. The van der Waals surface area contributed by atoms with E-state index in [2.05, 4.69) is 22.5 Å². The molecule has 1 heterocycles. The number of thiazole rings is 1. The number of allylic oxidation sites excluding steroid dienone is 1. The van der Waals surface area contributed by atoms with Crippen LogP contribution in [0.3, 0.4) is 0 Å². The predicted molar refractivity (Wildman–Crippen MR) is 63.9 cm³/mol. The van der Waals surface area contributed by atoms with Gasteiger partial charge in [0.2, 0.25) is 10.0 Å². The lowest BCUT2D eigenvalue weighted by atomic mass is 10.0. The van der Waals surface area contributed by atoms with Gasteiger partial charge in [-0.1, -0.05) is 23.5 Å². The molecule has 0 saturated heterocycles. The van der Waals surface area contributed by atoms with Crippen molar-refractivity contribution in [1.82, 2.24) is 4.98 Å². The minimum Gasteiger partial charge on any atom is -0.358 e. The van der Waals surface area contributed by atoms with E-state index >= 15 is 0 Å². The van der Waals surface area contributed by atoms with Crippen LogP contribution in [-0.4, -0.2) is 19.4 Å². The summed E-state index contributed by atoms with van der Waals surface area (Å²) >= 11 is 1.07. The molecule has 3 N–H and O–H groups in total. The molecular formula is C9H13N3O2S2. The number of rotatable bonds is 3. The predicted octanol–water partition coefficient (Wildman–Crippen LogP) is 1.31. The van der Waals surface area contributed by atoms with Crippen LogP contribution in [0.5, 0.6) is 0 Å². The fourth-order valence-corrected chi connectivity index (χ4v) is 3.08. The third-order valence-electron chi connectivity index (χ3n) is 2.36. The number of hydrogen-bond acceptors (Lipinski definition) is 5. The number of aromatic nitrogens is 1.